The van der Waals surface area contributed by atoms with Gasteiger partial charge in [0.15, 0.2) is 0 Å². The van der Waals surface area contributed by atoms with E-state index >= 15 is 0 Å². The SMILES string of the molecule is Clc1ccc(SC2CSCC2NCCCc2ccccc2)cc1. The third kappa shape index (κ3) is 5.46. The average molecular weight is 364 g/mol. The molecule has 1 aliphatic heterocycles. The molecule has 0 bridgehead atoms. The molecule has 1 aliphatic rings. The standard InChI is InChI=1S/C19H22ClNS2/c20-16-8-10-17(11-9-16)23-19-14-22-13-18(19)21-12-4-7-15-5-2-1-3-6-15/h1-3,5-6,8-11,18-19,21H,4,7,12-14H2. The molecule has 0 aliphatic carbocycles. The summed E-state index contributed by atoms with van der Waals surface area (Å²) >= 11 is 10.0. The van der Waals surface area contributed by atoms with Gasteiger partial charge in [-0.15, -0.1) is 11.8 Å². The molecular weight excluding hydrogens is 342 g/mol. The lowest BCUT2D eigenvalue weighted by Gasteiger charge is -2.20. The molecule has 23 heavy (non-hydrogen) atoms. The smallest absolute Gasteiger partial charge is 0.0406 e. The monoisotopic (exact) mass is 363 g/mol. The van der Waals surface area contributed by atoms with Crippen LogP contribution in [0.2, 0.25) is 5.02 Å². The van der Waals surface area contributed by atoms with Crippen LogP contribution in [-0.4, -0.2) is 29.3 Å². The van der Waals surface area contributed by atoms with Crippen LogP contribution in [0.3, 0.4) is 0 Å². The fourth-order valence-electron chi connectivity index (χ4n) is 2.75. The van der Waals surface area contributed by atoms with Crippen molar-refractivity contribution >= 4 is 35.1 Å². The van der Waals surface area contributed by atoms with Crippen LogP contribution in [0, 0.1) is 0 Å². The molecular formula is C19H22ClNS2. The lowest BCUT2D eigenvalue weighted by molar-refractivity contribution is 0.552. The van der Waals surface area contributed by atoms with E-state index in [4.69, 9.17) is 11.6 Å². The summed E-state index contributed by atoms with van der Waals surface area (Å²) in [7, 11) is 0. The molecule has 2 aromatic carbocycles. The Morgan fingerprint density at radius 1 is 1.04 bits per heavy atom. The number of hydrogen-bond donors (Lipinski definition) is 1. The average Bonchev–Trinajstić information content (AvgIpc) is 3.02. The number of benzene rings is 2. The van der Waals surface area contributed by atoms with Gasteiger partial charge in [-0.05, 0) is 49.2 Å². The molecule has 2 aromatic rings. The normalized spacial score (nSPS) is 20.7. The number of thioether (sulfide) groups is 2. The Hall–Kier alpha value is -0.610. The minimum absolute atomic E-state index is 0.608. The Labute approximate surface area is 152 Å². The number of hydrogen-bond acceptors (Lipinski definition) is 3. The van der Waals surface area contributed by atoms with Gasteiger partial charge in [0.1, 0.15) is 0 Å². The molecule has 0 amide bonds. The zero-order valence-corrected chi connectivity index (χ0v) is 15.5. The van der Waals surface area contributed by atoms with Crippen LogP contribution in [0.15, 0.2) is 59.5 Å². The Balaban J connectivity index is 1.43. The maximum Gasteiger partial charge on any atom is 0.0406 e. The van der Waals surface area contributed by atoms with Crippen LogP contribution in [0.5, 0.6) is 0 Å². The highest BCUT2D eigenvalue weighted by molar-refractivity contribution is 8.04. The first-order valence-corrected chi connectivity index (χ1v) is 10.5. The molecule has 3 rings (SSSR count). The lowest BCUT2D eigenvalue weighted by atomic mass is 10.1. The van der Waals surface area contributed by atoms with Crippen molar-refractivity contribution in [3.8, 4) is 0 Å². The van der Waals surface area contributed by atoms with Gasteiger partial charge in [-0.1, -0.05) is 41.9 Å². The van der Waals surface area contributed by atoms with Crippen LogP contribution in [0.4, 0.5) is 0 Å². The van der Waals surface area contributed by atoms with E-state index in [-0.39, 0.29) is 0 Å². The molecule has 2 atom stereocenters. The van der Waals surface area contributed by atoms with Gasteiger partial charge in [0.2, 0.25) is 0 Å². The van der Waals surface area contributed by atoms with Gasteiger partial charge in [-0.3, -0.25) is 0 Å². The summed E-state index contributed by atoms with van der Waals surface area (Å²) in [5.41, 5.74) is 1.43. The molecule has 1 heterocycles. The highest BCUT2D eigenvalue weighted by Gasteiger charge is 2.28. The van der Waals surface area contributed by atoms with Crippen LogP contribution in [0.1, 0.15) is 12.0 Å². The van der Waals surface area contributed by atoms with E-state index in [0.717, 1.165) is 18.0 Å². The first-order chi connectivity index (χ1) is 11.3. The molecule has 1 saturated heterocycles. The van der Waals surface area contributed by atoms with Crippen molar-refractivity contribution in [2.45, 2.75) is 29.0 Å². The van der Waals surface area contributed by atoms with Gasteiger partial charge in [0.25, 0.3) is 0 Å². The zero-order chi connectivity index (χ0) is 15.9. The molecule has 1 nitrogen and oxygen atoms in total. The minimum atomic E-state index is 0.608. The van der Waals surface area contributed by atoms with Crippen LogP contribution in [-0.2, 0) is 6.42 Å². The Morgan fingerprint density at radius 3 is 2.61 bits per heavy atom. The molecule has 4 heteroatoms. The number of rotatable bonds is 7. The highest BCUT2D eigenvalue weighted by Crippen LogP contribution is 2.34. The lowest BCUT2D eigenvalue weighted by Crippen LogP contribution is -2.37. The van der Waals surface area contributed by atoms with Crippen LogP contribution >= 0.6 is 35.1 Å². The van der Waals surface area contributed by atoms with Crippen molar-refractivity contribution in [1.29, 1.82) is 0 Å². The number of aryl methyl sites for hydroxylation is 1. The van der Waals surface area contributed by atoms with Crippen LogP contribution < -0.4 is 5.32 Å². The van der Waals surface area contributed by atoms with E-state index in [0.29, 0.717) is 11.3 Å². The van der Waals surface area contributed by atoms with Gasteiger partial charge >= 0.3 is 0 Å². The summed E-state index contributed by atoms with van der Waals surface area (Å²) < 4.78 is 0. The fourth-order valence-corrected chi connectivity index (χ4v) is 5.77. The molecule has 1 N–H and O–H groups in total. The third-order valence-corrected chi connectivity index (χ3v) is 7.02. The van der Waals surface area contributed by atoms with E-state index in [1.165, 1.54) is 28.4 Å². The summed E-state index contributed by atoms with van der Waals surface area (Å²) in [6, 6.07) is 19.6. The molecule has 0 radical (unpaired) electrons. The van der Waals surface area contributed by atoms with Gasteiger partial charge in [0.05, 0.1) is 0 Å². The van der Waals surface area contributed by atoms with E-state index in [1.54, 1.807) is 0 Å². The maximum atomic E-state index is 5.97. The predicted molar refractivity (Wildman–Crippen MR) is 105 cm³/mol. The minimum Gasteiger partial charge on any atom is -0.312 e. The summed E-state index contributed by atoms with van der Waals surface area (Å²) in [6.07, 6.45) is 2.35. The second-order valence-electron chi connectivity index (χ2n) is 5.80. The van der Waals surface area contributed by atoms with Crippen LogP contribution in [0.25, 0.3) is 0 Å². The number of halogens is 1. The fraction of sp³-hybridized carbons (Fsp3) is 0.368. The molecule has 0 saturated carbocycles. The Bertz CT molecular complexity index is 588. The quantitative estimate of drug-likeness (QED) is 0.684. The third-order valence-electron chi connectivity index (χ3n) is 4.02. The second kappa shape index (κ2) is 9.03. The van der Waals surface area contributed by atoms with E-state index in [2.05, 4.69) is 59.5 Å². The predicted octanol–water partition coefficient (Wildman–Crippen LogP) is 5.14. The van der Waals surface area contributed by atoms with Gasteiger partial charge in [-0.2, -0.15) is 11.8 Å². The summed E-state index contributed by atoms with van der Waals surface area (Å²) in [5, 5.41) is 5.23. The first-order valence-electron chi connectivity index (χ1n) is 8.08. The molecule has 2 unspecified atom stereocenters. The van der Waals surface area contributed by atoms with E-state index in [1.807, 2.05) is 23.9 Å². The van der Waals surface area contributed by atoms with Gasteiger partial charge < -0.3 is 5.32 Å². The molecule has 0 spiro atoms. The maximum absolute atomic E-state index is 5.97. The van der Waals surface area contributed by atoms with E-state index in [9.17, 15) is 0 Å². The second-order valence-corrected chi connectivity index (χ2v) is 8.62. The topological polar surface area (TPSA) is 12.0 Å². The number of nitrogens with one attached hydrogen (secondary N) is 1. The Morgan fingerprint density at radius 2 is 1.83 bits per heavy atom. The zero-order valence-electron chi connectivity index (χ0n) is 13.1. The first kappa shape index (κ1) is 17.2. The molecule has 122 valence electrons. The van der Waals surface area contributed by atoms with Gasteiger partial charge in [0, 0.05) is 32.7 Å². The molecule has 1 fully saturated rings. The summed E-state index contributed by atoms with van der Waals surface area (Å²) in [5.74, 6) is 2.44. The van der Waals surface area contributed by atoms with E-state index < -0.39 is 0 Å². The van der Waals surface area contributed by atoms with Crippen molar-refractivity contribution in [3.05, 3.63) is 65.2 Å². The summed E-state index contributed by atoms with van der Waals surface area (Å²) in [4.78, 5) is 1.32. The molecule has 0 aromatic heterocycles. The van der Waals surface area contributed by atoms with Crippen molar-refractivity contribution in [1.82, 2.24) is 5.32 Å². The highest BCUT2D eigenvalue weighted by atomic mass is 35.5. The van der Waals surface area contributed by atoms with Crippen molar-refractivity contribution < 1.29 is 0 Å². The Kier molecular flexibility index (Phi) is 6.76. The van der Waals surface area contributed by atoms with Gasteiger partial charge in [-0.25, -0.2) is 0 Å². The summed E-state index contributed by atoms with van der Waals surface area (Å²) in [6.45, 7) is 1.10. The van der Waals surface area contributed by atoms with Crippen molar-refractivity contribution in [3.63, 3.8) is 0 Å². The van der Waals surface area contributed by atoms with Crippen molar-refractivity contribution in [2.75, 3.05) is 18.1 Å². The van der Waals surface area contributed by atoms with Crippen molar-refractivity contribution in [2.24, 2.45) is 0 Å². The largest absolute Gasteiger partial charge is 0.312 e.